The van der Waals surface area contributed by atoms with Gasteiger partial charge in [0.1, 0.15) is 0 Å². The van der Waals surface area contributed by atoms with Gasteiger partial charge in [-0.3, -0.25) is 14.7 Å². The van der Waals surface area contributed by atoms with Gasteiger partial charge in [0.15, 0.2) is 0 Å². The van der Waals surface area contributed by atoms with Gasteiger partial charge in [-0.1, -0.05) is 6.92 Å². The van der Waals surface area contributed by atoms with Gasteiger partial charge in [0.2, 0.25) is 0 Å². The van der Waals surface area contributed by atoms with Crippen molar-refractivity contribution in [2.75, 3.05) is 13.1 Å². The van der Waals surface area contributed by atoms with Crippen molar-refractivity contribution in [1.82, 2.24) is 15.1 Å². The number of hydrogen-bond acceptors (Lipinski definition) is 3. The molecule has 0 unspecified atom stereocenters. The molecule has 2 N–H and O–H groups in total. The molecule has 0 aliphatic rings. The first-order chi connectivity index (χ1) is 6.74. The van der Waals surface area contributed by atoms with Crippen LogP contribution in [0, 0.1) is 0 Å². The molecule has 0 aromatic carbocycles. The minimum atomic E-state index is -0.250. The van der Waals surface area contributed by atoms with E-state index in [9.17, 15) is 9.59 Å². The monoisotopic (exact) mass is 197 g/mol. The van der Waals surface area contributed by atoms with Gasteiger partial charge in [-0.15, -0.1) is 0 Å². The van der Waals surface area contributed by atoms with Crippen molar-refractivity contribution >= 4 is 0 Å². The predicted octanol–water partition coefficient (Wildman–Crippen LogP) is -0.464. The van der Waals surface area contributed by atoms with Gasteiger partial charge in [0, 0.05) is 18.7 Å². The first-order valence-electron chi connectivity index (χ1n) is 4.75. The highest BCUT2D eigenvalue weighted by Crippen LogP contribution is 1.73. The van der Waals surface area contributed by atoms with Crippen LogP contribution in [0.5, 0.6) is 0 Å². The van der Waals surface area contributed by atoms with Crippen LogP contribution in [0.15, 0.2) is 21.7 Å². The quantitative estimate of drug-likeness (QED) is 0.627. The molecule has 78 valence electrons. The number of hydrogen-bond donors (Lipinski definition) is 2. The zero-order chi connectivity index (χ0) is 10.4. The lowest BCUT2D eigenvalue weighted by molar-refractivity contribution is 0.526. The second kappa shape index (κ2) is 5.39. The van der Waals surface area contributed by atoms with Crippen LogP contribution in [-0.2, 0) is 6.54 Å². The van der Waals surface area contributed by atoms with E-state index in [1.54, 1.807) is 0 Å². The van der Waals surface area contributed by atoms with E-state index in [-0.39, 0.29) is 11.1 Å². The highest BCUT2D eigenvalue weighted by atomic mass is 16.1. The van der Waals surface area contributed by atoms with Gasteiger partial charge in [-0.05, 0) is 13.0 Å². The van der Waals surface area contributed by atoms with Gasteiger partial charge in [-0.2, -0.15) is 0 Å². The van der Waals surface area contributed by atoms with E-state index in [1.165, 1.54) is 16.8 Å². The van der Waals surface area contributed by atoms with Crippen LogP contribution in [0.1, 0.15) is 13.3 Å². The van der Waals surface area contributed by atoms with Crippen LogP contribution >= 0.6 is 0 Å². The first kappa shape index (κ1) is 10.7. The van der Waals surface area contributed by atoms with Crippen molar-refractivity contribution in [3.8, 4) is 0 Å². The van der Waals surface area contributed by atoms with E-state index in [2.05, 4.69) is 17.3 Å². The standard InChI is InChI=1S/C9H15N3O2/c1-2-5-10-6-7-12-9(14)4-3-8(13)11-12/h3-4,10H,2,5-7H2,1H3,(H,11,13). The van der Waals surface area contributed by atoms with E-state index in [1.807, 2.05) is 0 Å². The summed E-state index contributed by atoms with van der Waals surface area (Å²) in [6.07, 6.45) is 1.06. The number of nitrogens with one attached hydrogen (secondary N) is 2. The summed E-state index contributed by atoms with van der Waals surface area (Å²) in [5.41, 5.74) is -0.428. The van der Waals surface area contributed by atoms with Gasteiger partial charge in [0.05, 0.1) is 6.54 Å². The van der Waals surface area contributed by atoms with Crippen molar-refractivity contribution < 1.29 is 0 Å². The fraction of sp³-hybridized carbons (Fsp3) is 0.556. The SMILES string of the molecule is CCCNCCn1[nH]c(=O)ccc1=O. The van der Waals surface area contributed by atoms with E-state index in [4.69, 9.17) is 0 Å². The maximum Gasteiger partial charge on any atom is 0.265 e. The predicted molar refractivity (Wildman–Crippen MR) is 54.5 cm³/mol. The van der Waals surface area contributed by atoms with Crippen LogP contribution in [0.25, 0.3) is 0 Å². The summed E-state index contributed by atoms with van der Waals surface area (Å²) in [5.74, 6) is 0. The fourth-order valence-electron chi connectivity index (χ4n) is 1.12. The van der Waals surface area contributed by atoms with Crippen molar-refractivity contribution in [3.63, 3.8) is 0 Å². The Labute approximate surface area is 81.7 Å². The second-order valence-electron chi connectivity index (χ2n) is 3.05. The maximum absolute atomic E-state index is 11.2. The maximum atomic E-state index is 11.2. The van der Waals surface area contributed by atoms with Crippen LogP contribution in [0.4, 0.5) is 0 Å². The Morgan fingerprint density at radius 1 is 1.36 bits per heavy atom. The molecule has 1 aromatic heterocycles. The van der Waals surface area contributed by atoms with E-state index < -0.39 is 0 Å². The molecule has 0 fully saturated rings. The van der Waals surface area contributed by atoms with Crippen molar-refractivity contribution in [3.05, 3.63) is 32.8 Å². The summed E-state index contributed by atoms with van der Waals surface area (Å²) < 4.78 is 1.31. The first-order valence-corrected chi connectivity index (χ1v) is 4.75. The molecule has 1 heterocycles. The van der Waals surface area contributed by atoms with E-state index >= 15 is 0 Å². The average Bonchev–Trinajstić information content (AvgIpc) is 2.18. The third kappa shape index (κ3) is 3.18. The molecule has 0 atom stereocenters. The van der Waals surface area contributed by atoms with Crippen LogP contribution < -0.4 is 16.4 Å². The molecule has 0 amide bonds. The Bertz CT molecular complexity index is 380. The molecule has 1 aromatic rings. The zero-order valence-electron chi connectivity index (χ0n) is 8.25. The Hall–Kier alpha value is -1.36. The molecule has 0 spiro atoms. The molecule has 14 heavy (non-hydrogen) atoms. The molecule has 0 saturated carbocycles. The van der Waals surface area contributed by atoms with Crippen molar-refractivity contribution in [2.45, 2.75) is 19.9 Å². The van der Waals surface area contributed by atoms with Crippen molar-refractivity contribution in [1.29, 1.82) is 0 Å². The van der Waals surface area contributed by atoms with Crippen LogP contribution in [-0.4, -0.2) is 22.9 Å². The summed E-state index contributed by atoms with van der Waals surface area (Å²) in [6, 6.07) is 2.51. The smallest absolute Gasteiger partial charge is 0.265 e. The summed E-state index contributed by atoms with van der Waals surface area (Å²) in [6.45, 7) is 4.18. The minimum Gasteiger partial charge on any atom is -0.315 e. The largest absolute Gasteiger partial charge is 0.315 e. The van der Waals surface area contributed by atoms with Crippen molar-refractivity contribution in [2.24, 2.45) is 0 Å². The highest BCUT2D eigenvalue weighted by Gasteiger charge is 1.94. The zero-order valence-corrected chi connectivity index (χ0v) is 8.25. The van der Waals surface area contributed by atoms with E-state index in [0.29, 0.717) is 13.1 Å². The Morgan fingerprint density at radius 2 is 2.14 bits per heavy atom. The normalized spacial score (nSPS) is 10.4. The summed E-state index contributed by atoms with van der Waals surface area (Å²) in [5, 5.41) is 5.61. The fourth-order valence-corrected chi connectivity index (χ4v) is 1.12. The Balaban J connectivity index is 2.54. The third-order valence-electron chi connectivity index (χ3n) is 1.83. The topological polar surface area (TPSA) is 66.9 Å². The van der Waals surface area contributed by atoms with Gasteiger partial charge in [-0.25, -0.2) is 4.68 Å². The van der Waals surface area contributed by atoms with Gasteiger partial charge in [0.25, 0.3) is 11.1 Å². The molecule has 0 aliphatic carbocycles. The Morgan fingerprint density at radius 3 is 2.86 bits per heavy atom. The molecular formula is C9H15N3O2. The molecule has 5 nitrogen and oxygen atoms in total. The van der Waals surface area contributed by atoms with Gasteiger partial charge < -0.3 is 5.32 Å². The lowest BCUT2D eigenvalue weighted by Gasteiger charge is -2.05. The third-order valence-corrected chi connectivity index (χ3v) is 1.83. The number of aromatic nitrogens is 2. The molecule has 1 rings (SSSR count). The molecular weight excluding hydrogens is 182 g/mol. The summed E-state index contributed by atoms with van der Waals surface area (Å²) in [7, 11) is 0. The van der Waals surface area contributed by atoms with E-state index in [0.717, 1.165) is 13.0 Å². The number of H-pyrrole nitrogens is 1. The minimum absolute atomic E-state index is 0.178. The molecule has 0 aliphatic heterocycles. The molecule has 5 heteroatoms. The number of nitrogens with zero attached hydrogens (tertiary/aromatic N) is 1. The van der Waals surface area contributed by atoms with Crippen LogP contribution in [0.2, 0.25) is 0 Å². The number of rotatable bonds is 5. The molecule has 0 radical (unpaired) electrons. The second-order valence-corrected chi connectivity index (χ2v) is 3.05. The Kier molecular flexibility index (Phi) is 4.12. The van der Waals surface area contributed by atoms with Crippen LogP contribution in [0.3, 0.4) is 0 Å². The average molecular weight is 197 g/mol. The summed E-state index contributed by atoms with van der Waals surface area (Å²) in [4.78, 5) is 22.1. The lowest BCUT2D eigenvalue weighted by atomic mass is 10.4. The van der Waals surface area contributed by atoms with Gasteiger partial charge >= 0.3 is 0 Å². The molecule has 0 saturated heterocycles. The molecule has 0 bridgehead atoms. The lowest BCUT2D eigenvalue weighted by Crippen LogP contribution is -2.32. The highest BCUT2D eigenvalue weighted by molar-refractivity contribution is 4.85. The summed E-state index contributed by atoms with van der Waals surface area (Å²) >= 11 is 0. The number of aromatic amines is 1.